The van der Waals surface area contributed by atoms with Crippen LogP contribution in [0, 0.1) is 0 Å². The van der Waals surface area contributed by atoms with E-state index in [1.807, 2.05) is 18.2 Å². The van der Waals surface area contributed by atoms with Crippen molar-refractivity contribution in [1.82, 2.24) is 5.32 Å². The molecule has 0 bridgehead atoms. The van der Waals surface area contributed by atoms with Gasteiger partial charge in [0.15, 0.2) is 0 Å². The zero-order valence-corrected chi connectivity index (χ0v) is 16.3. The van der Waals surface area contributed by atoms with E-state index in [0.717, 1.165) is 30.7 Å². The fraction of sp³-hybridized carbons (Fsp3) is 0.318. The summed E-state index contributed by atoms with van der Waals surface area (Å²) in [5.41, 5.74) is 2.46. The molecule has 2 aromatic carbocycles. The smallest absolute Gasteiger partial charge is 0.344 e. The van der Waals surface area contributed by atoms with Gasteiger partial charge in [0.2, 0.25) is 0 Å². The largest absolute Gasteiger partial charge is 0.497 e. The van der Waals surface area contributed by atoms with Crippen molar-refractivity contribution >= 4 is 16.7 Å². The number of nitrogens with one attached hydrogen (secondary N) is 1. The molecule has 0 unspecified atom stereocenters. The van der Waals surface area contributed by atoms with E-state index >= 15 is 0 Å². The molecule has 0 spiro atoms. The molecular formula is C22H24N2O4. The molecule has 146 valence electrons. The van der Waals surface area contributed by atoms with E-state index in [1.165, 1.54) is 0 Å². The molecule has 28 heavy (non-hydrogen) atoms. The van der Waals surface area contributed by atoms with Gasteiger partial charge < -0.3 is 24.1 Å². The van der Waals surface area contributed by atoms with Gasteiger partial charge in [-0.25, -0.2) is 4.79 Å². The minimum Gasteiger partial charge on any atom is -0.497 e. The number of fused-ring (bicyclic) bond motifs is 1. The summed E-state index contributed by atoms with van der Waals surface area (Å²) in [6, 6.07) is 13.7. The molecule has 1 N–H and O–H groups in total. The normalized spacial score (nSPS) is 17.0. The number of methoxy groups -OCH3 is 2. The predicted octanol–water partition coefficient (Wildman–Crippen LogP) is 3.28. The highest BCUT2D eigenvalue weighted by molar-refractivity contribution is 5.85. The van der Waals surface area contributed by atoms with Crippen LogP contribution in [0.1, 0.15) is 6.92 Å². The molecule has 0 radical (unpaired) electrons. The average molecular weight is 380 g/mol. The van der Waals surface area contributed by atoms with Gasteiger partial charge in [0.05, 0.1) is 19.8 Å². The van der Waals surface area contributed by atoms with Crippen molar-refractivity contribution < 1.29 is 13.9 Å². The van der Waals surface area contributed by atoms with E-state index in [1.54, 1.807) is 32.4 Å². The second kappa shape index (κ2) is 7.56. The Morgan fingerprint density at radius 2 is 1.82 bits per heavy atom. The lowest BCUT2D eigenvalue weighted by molar-refractivity contribution is 0.394. The van der Waals surface area contributed by atoms with Gasteiger partial charge in [-0.1, -0.05) is 0 Å². The molecule has 1 aromatic heterocycles. The van der Waals surface area contributed by atoms with Crippen molar-refractivity contribution in [3.63, 3.8) is 0 Å². The van der Waals surface area contributed by atoms with Crippen molar-refractivity contribution in [2.75, 3.05) is 38.8 Å². The zero-order valence-electron chi connectivity index (χ0n) is 16.3. The quantitative estimate of drug-likeness (QED) is 0.701. The molecule has 3 aromatic rings. The minimum absolute atomic E-state index is 0.381. The summed E-state index contributed by atoms with van der Waals surface area (Å²) in [5.74, 6) is 1.24. The van der Waals surface area contributed by atoms with Crippen LogP contribution in [0.15, 0.2) is 51.7 Å². The van der Waals surface area contributed by atoms with Crippen LogP contribution in [-0.2, 0) is 0 Å². The minimum atomic E-state index is -0.381. The molecule has 1 saturated heterocycles. The highest BCUT2D eigenvalue weighted by Gasteiger charge is 2.17. The van der Waals surface area contributed by atoms with E-state index in [0.29, 0.717) is 34.3 Å². The number of ether oxygens (including phenoxy) is 2. The van der Waals surface area contributed by atoms with Gasteiger partial charge in [-0.2, -0.15) is 0 Å². The molecule has 0 saturated carbocycles. The molecule has 1 aliphatic rings. The summed E-state index contributed by atoms with van der Waals surface area (Å²) >= 11 is 0. The number of anilines is 1. The molecule has 4 rings (SSSR count). The molecule has 1 atom stereocenters. The molecule has 0 amide bonds. The van der Waals surface area contributed by atoms with E-state index in [2.05, 4.69) is 23.2 Å². The highest BCUT2D eigenvalue weighted by atomic mass is 16.5. The van der Waals surface area contributed by atoms with Crippen LogP contribution in [0.2, 0.25) is 0 Å². The molecule has 1 fully saturated rings. The number of hydrogen-bond acceptors (Lipinski definition) is 6. The van der Waals surface area contributed by atoms with Crippen molar-refractivity contribution in [3.8, 4) is 22.6 Å². The Balaban J connectivity index is 1.75. The van der Waals surface area contributed by atoms with Gasteiger partial charge in [0, 0.05) is 48.9 Å². The van der Waals surface area contributed by atoms with Crippen LogP contribution >= 0.6 is 0 Å². The van der Waals surface area contributed by atoms with Crippen LogP contribution in [0.25, 0.3) is 22.1 Å². The number of rotatable bonds is 4. The topological polar surface area (TPSA) is 63.9 Å². The third kappa shape index (κ3) is 3.55. The van der Waals surface area contributed by atoms with Crippen LogP contribution in [0.5, 0.6) is 11.5 Å². The first-order chi connectivity index (χ1) is 13.6. The van der Waals surface area contributed by atoms with Crippen LogP contribution in [0.4, 0.5) is 5.69 Å². The summed E-state index contributed by atoms with van der Waals surface area (Å²) in [7, 11) is 3.17. The summed E-state index contributed by atoms with van der Waals surface area (Å²) in [5, 5.41) is 4.31. The summed E-state index contributed by atoms with van der Waals surface area (Å²) < 4.78 is 16.3. The van der Waals surface area contributed by atoms with Crippen molar-refractivity contribution in [3.05, 3.63) is 52.9 Å². The van der Waals surface area contributed by atoms with E-state index in [9.17, 15) is 4.79 Å². The second-order valence-electron chi connectivity index (χ2n) is 7.07. The number of nitrogens with zero attached hydrogens (tertiary/aromatic N) is 1. The third-order valence-electron chi connectivity index (χ3n) is 5.12. The first-order valence-electron chi connectivity index (χ1n) is 9.37. The number of piperazine rings is 1. The van der Waals surface area contributed by atoms with Gasteiger partial charge in [0.25, 0.3) is 0 Å². The molecule has 2 heterocycles. The Hall–Kier alpha value is -2.99. The second-order valence-corrected chi connectivity index (χ2v) is 7.07. The van der Waals surface area contributed by atoms with Crippen molar-refractivity contribution in [2.45, 2.75) is 13.0 Å². The Labute approximate surface area is 163 Å². The number of hydrogen-bond donors (Lipinski definition) is 1. The Bertz CT molecular complexity index is 1040. The summed E-state index contributed by atoms with van der Waals surface area (Å²) in [6.45, 7) is 4.97. The maximum Gasteiger partial charge on any atom is 0.344 e. The first-order valence-corrected chi connectivity index (χ1v) is 9.37. The SMILES string of the molecule is COc1cc(OC)cc(-c2cc3ccc(N4CCN[C@H](C)C4)cc3oc2=O)c1. The predicted molar refractivity (Wildman–Crippen MR) is 111 cm³/mol. The van der Waals surface area contributed by atoms with E-state index in [4.69, 9.17) is 13.9 Å². The summed E-state index contributed by atoms with van der Waals surface area (Å²) in [4.78, 5) is 15.0. The lowest BCUT2D eigenvalue weighted by Crippen LogP contribution is -2.49. The average Bonchev–Trinajstić information content (AvgIpc) is 2.72. The molecule has 6 nitrogen and oxygen atoms in total. The third-order valence-corrected chi connectivity index (χ3v) is 5.12. The van der Waals surface area contributed by atoms with Gasteiger partial charge >= 0.3 is 5.63 Å². The van der Waals surface area contributed by atoms with Crippen molar-refractivity contribution in [1.29, 1.82) is 0 Å². The monoisotopic (exact) mass is 380 g/mol. The Morgan fingerprint density at radius 1 is 1.07 bits per heavy atom. The highest BCUT2D eigenvalue weighted by Crippen LogP contribution is 2.30. The van der Waals surface area contributed by atoms with E-state index in [-0.39, 0.29) is 5.63 Å². The van der Waals surface area contributed by atoms with Crippen LogP contribution in [-0.4, -0.2) is 39.9 Å². The Morgan fingerprint density at radius 3 is 2.50 bits per heavy atom. The maximum atomic E-state index is 12.7. The molecule has 0 aliphatic carbocycles. The standard InChI is InChI=1S/C22H24N2O4/c1-14-13-24(7-6-23-14)17-5-4-15-10-20(22(25)28-21(15)11-17)16-8-18(26-2)12-19(9-16)27-3/h4-5,8-12,14,23H,6-7,13H2,1-3H3/t14-/m1/s1. The van der Waals surface area contributed by atoms with Crippen LogP contribution < -0.4 is 25.3 Å². The van der Waals surface area contributed by atoms with Crippen molar-refractivity contribution in [2.24, 2.45) is 0 Å². The molecule has 1 aliphatic heterocycles. The maximum absolute atomic E-state index is 12.7. The molecule has 6 heteroatoms. The first kappa shape index (κ1) is 18.4. The fourth-order valence-electron chi connectivity index (χ4n) is 3.63. The van der Waals surface area contributed by atoms with Crippen LogP contribution in [0.3, 0.4) is 0 Å². The van der Waals surface area contributed by atoms with Gasteiger partial charge in [0.1, 0.15) is 17.1 Å². The van der Waals surface area contributed by atoms with Gasteiger partial charge in [-0.15, -0.1) is 0 Å². The fourth-order valence-corrected chi connectivity index (χ4v) is 3.63. The van der Waals surface area contributed by atoms with E-state index < -0.39 is 0 Å². The van der Waals surface area contributed by atoms with Gasteiger partial charge in [-0.05, 0) is 42.8 Å². The lowest BCUT2D eigenvalue weighted by Gasteiger charge is -2.33. The Kier molecular flexibility index (Phi) is 4.96. The van der Waals surface area contributed by atoms with Gasteiger partial charge in [-0.3, -0.25) is 0 Å². The zero-order chi connectivity index (χ0) is 19.7. The molecular weight excluding hydrogens is 356 g/mol. The number of benzene rings is 2. The summed E-state index contributed by atoms with van der Waals surface area (Å²) in [6.07, 6.45) is 0. The lowest BCUT2D eigenvalue weighted by atomic mass is 10.0.